The SMILES string of the molecule is CCc1nc2n(n1)CC(Nc1ccc(S(=O)(=O)N(CC)c3ccccc3)cn1)CC2. The van der Waals surface area contributed by atoms with Crippen LogP contribution in [0.5, 0.6) is 0 Å². The number of nitrogens with one attached hydrogen (secondary N) is 1. The number of benzene rings is 1. The van der Waals surface area contributed by atoms with Gasteiger partial charge in [0, 0.05) is 31.6 Å². The molecule has 1 aliphatic rings. The summed E-state index contributed by atoms with van der Waals surface area (Å²) in [5.41, 5.74) is 0.638. The first-order chi connectivity index (χ1) is 14.5. The minimum Gasteiger partial charge on any atom is -0.365 e. The lowest BCUT2D eigenvalue weighted by Gasteiger charge is -2.24. The molecule has 0 saturated carbocycles. The van der Waals surface area contributed by atoms with Crippen LogP contribution in [0, 0.1) is 0 Å². The summed E-state index contributed by atoms with van der Waals surface area (Å²) in [6.07, 6.45) is 4.04. The molecule has 3 heterocycles. The van der Waals surface area contributed by atoms with Gasteiger partial charge in [-0.05, 0) is 37.6 Å². The lowest BCUT2D eigenvalue weighted by molar-refractivity contribution is 0.439. The predicted molar refractivity (Wildman–Crippen MR) is 116 cm³/mol. The lowest BCUT2D eigenvalue weighted by atomic mass is 10.1. The van der Waals surface area contributed by atoms with E-state index in [1.165, 1.54) is 10.5 Å². The summed E-state index contributed by atoms with van der Waals surface area (Å²) in [6, 6.07) is 12.6. The van der Waals surface area contributed by atoms with Crippen LogP contribution in [0.1, 0.15) is 31.9 Å². The number of pyridine rings is 1. The average Bonchev–Trinajstić information content (AvgIpc) is 3.18. The summed E-state index contributed by atoms with van der Waals surface area (Å²) in [6.45, 7) is 4.93. The summed E-state index contributed by atoms with van der Waals surface area (Å²) in [5.74, 6) is 2.55. The van der Waals surface area contributed by atoms with Crippen molar-refractivity contribution in [2.75, 3.05) is 16.2 Å². The van der Waals surface area contributed by atoms with E-state index in [0.29, 0.717) is 18.1 Å². The second-order valence-corrected chi connectivity index (χ2v) is 9.11. The van der Waals surface area contributed by atoms with Gasteiger partial charge >= 0.3 is 0 Å². The third kappa shape index (κ3) is 4.02. The van der Waals surface area contributed by atoms with E-state index in [4.69, 9.17) is 0 Å². The normalized spacial score (nSPS) is 16.1. The molecule has 3 aromatic rings. The molecule has 0 amide bonds. The molecule has 0 bridgehead atoms. The molecule has 1 atom stereocenters. The van der Waals surface area contributed by atoms with Gasteiger partial charge in [0.15, 0.2) is 5.82 Å². The number of rotatable bonds is 7. The van der Waals surface area contributed by atoms with Crippen molar-refractivity contribution < 1.29 is 8.42 Å². The van der Waals surface area contributed by atoms with E-state index < -0.39 is 10.0 Å². The van der Waals surface area contributed by atoms with E-state index in [2.05, 4.69) is 20.4 Å². The summed E-state index contributed by atoms with van der Waals surface area (Å²) in [4.78, 5) is 9.08. The molecule has 4 rings (SSSR count). The first-order valence-corrected chi connectivity index (χ1v) is 11.7. The molecular weight excluding hydrogens is 400 g/mol. The minimum absolute atomic E-state index is 0.175. The van der Waals surface area contributed by atoms with Crippen LogP contribution in [0.4, 0.5) is 11.5 Å². The highest BCUT2D eigenvalue weighted by Gasteiger charge is 2.25. The largest absolute Gasteiger partial charge is 0.365 e. The van der Waals surface area contributed by atoms with Crippen molar-refractivity contribution in [1.29, 1.82) is 0 Å². The molecule has 1 unspecified atom stereocenters. The van der Waals surface area contributed by atoms with Crippen LogP contribution in [0.25, 0.3) is 0 Å². The molecule has 0 fully saturated rings. The standard InChI is InChI=1S/C21H26N6O2S/c1-3-19-24-21-13-10-16(15-26(21)25-19)23-20-12-11-18(14-22-20)30(28,29)27(4-2)17-8-6-5-7-9-17/h5-9,11-12,14,16H,3-4,10,13,15H2,1-2H3,(H,22,23). The number of hydrogen-bond donors (Lipinski definition) is 1. The van der Waals surface area contributed by atoms with Gasteiger partial charge in [0.25, 0.3) is 10.0 Å². The van der Waals surface area contributed by atoms with Gasteiger partial charge in [0.2, 0.25) is 0 Å². The molecule has 9 heteroatoms. The monoisotopic (exact) mass is 426 g/mol. The molecule has 0 saturated heterocycles. The van der Waals surface area contributed by atoms with Crippen molar-refractivity contribution in [3.05, 3.63) is 60.3 Å². The van der Waals surface area contributed by atoms with E-state index in [-0.39, 0.29) is 10.9 Å². The zero-order valence-electron chi connectivity index (χ0n) is 17.2. The van der Waals surface area contributed by atoms with Gasteiger partial charge in [-0.15, -0.1) is 0 Å². The quantitative estimate of drug-likeness (QED) is 0.624. The fourth-order valence-corrected chi connectivity index (χ4v) is 5.09. The Morgan fingerprint density at radius 2 is 1.97 bits per heavy atom. The van der Waals surface area contributed by atoms with Crippen LogP contribution in [0.3, 0.4) is 0 Å². The lowest BCUT2D eigenvalue weighted by Crippen LogP contribution is -2.32. The maximum Gasteiger partial charge on any atom is 0.265 e. The van der Waals surface area contributed by atoms with Crippen molar-refractivity contribution in [1.82, 2.24) is 19.7 Å². The summed E-state index contributed by atoms with van der Waals surface area (Å²) < 4.78 is 29.5. The van der Waals surface area contributed by atoms with Gasteiger partial charge in [0.05, 0.1) is 12.2 Å². The number of fused-ring (bicyclic) bond motifs is 1. The van der Waals surface area contributed by atoms with Crippen LogP contribution in [0.2, 0.25) is 0 Å². The fourth-order valence-electron chi connectivity index (χ4n) is 3.67. The summed E-state index contributed by atoms with van der Waals surface area (Å²) in [5, 5.41) is 7.92. The topological polar surface area (TPSA) is 93.0 Å². The molecule has 1 aromatic carbocycles. The number of aromatic nitrogens is 4. The third-order valence-electron chi connectivity index (χ3n) is 5.23. The molecule has 158 valence electrons. The molecular formula is C21H26N6O2S. The van der Waals surface area contributed by atoms with Crippen LogP contribution in [-0.4, -0.2) is 40.8 Å². The Morgan fingerprint density at radius 1 is 1.17 bits per heavy atom. The van der Waals surface area contributed by atoms with Crippen molar-refractivity contribution in [2.24, 2.45) is 0 Å². The highest BCUT2D eigenvalue weighted by atomic mass is 32.2. The Morgan fingerprint density at radius 3 is 2.63 bits per heavy atom. The zero-order valence-corrected chi connectivity index (χ0v) is 18.0. The number of anilines is 2. The highest BCUT2D eigenvalue weighted by Crippen LogP contribution is 2.24. The number of nitrogens with zero attached hydrogens (tertiary/aromatic N) is 5. The van der Waals surface area contributed by atoms with E-state index in [9.17, 15) is 8.42 Å². The molecule has 8 nitrogen and oxygen atoms in total. The summed E-state index contributed by atoms with van der Waals surface area (Å²) in [7, 11) is -3.67. The van der Waals surface area contributed by atoms with Crippen molar-refractivity contribution in [3.63, 3.8) is 0 Å². The number of para-hydroxylation sites is 1. The Kier molecular flexibility index (Phi) is 5.72. The van der Waals surface area contributed by atoms with E-state index in [1.54, 1.807) is 24.3 Å². The van der Waals surface area contributed by atoms with Crippen molar-refractivity contribution in [2.45, 2.75) is 50.6 Å². The molecule has 0 spiro atoms. The fraction of sp³-hybridized carbons (Fsp3) is 0.381. The van der Waals surface area contributed by atoms with Gasteiger partial charge in [0.1, 0.15) is 16.5 Å². The van der Waals surface area contributed by atoms with Crippen LogP contribution in [-0.2, 0) is 29.4 Å². The van der Waals surface area contributed by atoms with E-state index in [1.807, 2.05) is 36.7 Å². The first kappa shape index (κ1) is 20.3. The van der Waals surface area contributed by atoms with Crippen molar-refractivity contribution >= 4 is 21.5 Å². The molecule has 1 aliphatic heterocycles. The Balaban J connectivity index is 1.47. The van der Waals surface area contributed by atoms with Gasteiger partial charge in [-0.25, -0.2) is 23.1 Å². The molecule has 0 aliphatic carbocycles. The molecule has 2 aromatic heterocycles. The first-order valence-electron chi connectivity index (χ1n) is 10.2. The molecule has 30 heavy (non-hydrogen) atoms. The maximum absolute atomic E-state index is 13.1. The zero-order chi connectivity index (χ0) is 21.1. The Labute approximate surface area is 177 Å². The molecule has 0 radical (unpaired) electrons. The highest BCUT2D eigenvalue weighted by molar-refractivity contribution is 7.92. The third-order valence-corrected chi connectivity index (χ3v) is 7.11. The van der Waals surface area contributed by atoms with E-state index >= 15 is 0 Å². The Hall–Kier alpha value is -2.94. The van der Waals surface area contributed by atoms with Crippen LogP contribution < -0.4 is 9.62 Å². The van der Waals surface area contributed by atoms with Gasteiger partial charge in [-0.2, -0.15) is 5.10 Å². The van der Waals surface area contributed by atoms with Gasteiger partial charge < -0.3 is 5.32 Å². The minimum atomic E-state index is -3.67. The second kappa shape index (κ2) is 8.43. The smallest absolute Gasteiger partial charge is 0.265 e. The van der Waals surface area contributed by atoms with Crippen molar-refractivity contribution in [3.8, 4) is 0 Å². The predicted octanol–water partition coefficient (Wildman–Crippen LogP) is 2.88. The van der Waals surface area contributed by atoms with Gasteiger partial charge in [-0.3, -0.25) is 4.31 Å². The van der Waals surface area contributed by atoms with Crippen LogP contribution >= 0.6 is 0 Å². The molecule has 1 N–H and O–H groups in total. The summed E-state index contributed by atoms with van der Waals surface area (Å²) >= 11 is 0. The Bertz CT molecular complexity index is 1100. The number of aryl methyl sites for hydroxylation is 2. The maximum atomic E-state index is 13.1. The van der Waals surface area contributed by atoms with Crippen LogP contribution in [0.15, 0.2) is 53.6 Å². The van der Waals surface area contributed by atoms with E-state index in [0.717, 1.165) is 37.5 Å². The average molecular weight is 427 g/mol. The number of hydrogen-bond acceptors (Lipinski definition) is 6. The second-order valence-electron chi connectivity index (χ2n) is 7.24. The number of sulfonamides is 1. The van der Waals surface area contributed by atoms with Gasteiger partial charge in [-0.1, -0.05) is 25.1 Å².